The van der Waals surface area contributed by atoms with E-state index in [0.29, 0.717) is 61.9 Å². The first-order valence-electron chi connectivity index (χ1n) is 18.0. The predicted molar refractivity (Wildman–Crippen MR) is 263 cm³/mol. The van der Waals surface area contributed by atoms with Crippen molar-refractivity contribution in [2.45, 2.75) is 186 Å². The van der Waals surface area contributed by atoms with Gasteiger partial charge in [0.15, 0.2) is 0 Å². The van der Waals surface area contributed by atoms with Gasteiger partial charge in [0.25, 0.3) is 0 Å². The molecule has 0 N–H and O–H groups in total. The molecule has 0 radical (unpaired) electrons. The lowest BCUT2D eigenvalue weighted by Crippen LogP contribution is -3.00. The van der Waals surface area contributed by atoms with Gasteiger partial charge in [0.05, 0.1) is 24.9 Å². The van der Waals surface area contributed by atoms with Crippen molar-refractivity contribution in [1.82, 2.24) is 4.90 Å². The Hall–Kier alpha value is -2.41. The number of likely N-dealkylation sites (N-methyl/N-ethyl adjacent to an activating group) is 2. The molecule has 0 bridgehead atoms. The summed E-state index contributed by atoms with van der Waals surface area (Å²) in [5, 5.41) is 0. The van der Waals surface area contributed by atoms with Crippen molar-refractivity contribution in [3.8, 4) is 0 Å². The number of rotatable bonds is 20. The number of hydrogen-bond acceptors (Lipinski definition) is 5. The summed E-state index contributed by atoms with van der Waals surface area (Å²) < 4.78 is 12.6. The Kier molecular flexibility index (Phi) is 50.1. The SMILES string of the molecule is C.C.C.C.C.C.C.C.C.C.CCC(C)c1ccc(C[N+](C)(C)CCOC(=O)C(C)(CC(C)c2ccc(C(C)CC)cc2)CC(C)(CC)C(=O)OCCN(C)C)cc1.[Cl-]. The highest BCUT2D eigenvalue weighted by molar-refractivity contribution is 5.80. The first kappa shape index (κ1) is 79.7. The second-order valence-corrected chi connectivity index (χ2v) is 15.7. The van der Waals surface area contributed by atoms with Gasteiger partial charge in [-0.2, -0.15) is 0 Å². The van der Waals surface area contributed by atoms with Crippen LogP contribution in [0.3, 0.4) is 0 Å². The molecule has 58 heavy (non-hydrogen) atoms. The Morgan fingerprint density at radius 3 is 1.36 bits per heavy atom. The van der Waals surface area contributed by atoms with Crippen LogP contribution in [-0.4, -0.2) is 75.8 Å². The molecule has 0 fully saturated rings. The zero-order valence-electron chi connectivity index (χ0n) is 32.3. The molecule has 2 aromatic rings. The van der Waals surface area contributed by atoms with Crippen molar-refractivity contribution < 1.29 is 36.0 Å². The van der Waals surface area contributed by atoms with Crippen LogP contribution in [-0.2, 0) is 25.6 Å². The molecule has 2 aromatic carbocycles. The Bertz CT molecular complexity index is 1250. The van der Waals surface area contributed by atoms with Gasteiger partial charge in [0.2, 0.25) is 0 Å². The van der Waals surface area contributed by atoms with Gasteiger partial charge in [0.1, 0.15) is 26.3 Å². The van der Waals surface area contributed by atoms with Crippen LogP contribution in [0.1, 0.15) is 202 Å². The monoisotopic (exact) mass is 847 g/mol. The van der Waals surface area contributed by atoms with Crippen LogP contribution in [0.4, 0.5) is 0 Å². The first-order valence-corrected chi connectivity index (χ1v) is 18.0. The quantitative estimate of drug-likeness (QED) is 0.0981. The minimum atomic E-state index is -0.872. The summed E-state index contributed by atoms with van der Waals surface area (Å²) >= 11 is 0. The fourth-order valence-electron chi connectivity index (χ4n) is 6.43. The highest BCUT2D eigenvalue weighted by Crippen LogP contribution is 2.44. The largest absolute Gasteiger partial charge is 1.00 e. The number of nitrogens with zero attached hydrogens (tertiary/aromatic N) is 2. The molecule has 0 saturated heterocycles. The molecule has 6 nitrogen and oxygen atoms in total. The van der Waals surface area contributed by atoms with E-state index in [0.717, 1.165) is 19.4 Å². The van der Waals surface area contributed by atoms with Crippen molar-refractivity contribution in [1.29, 1.82) is 0 Å². The maximum absolute atomic E-state index is 14.1. The van der Waals surface area contributed by atoms with Gasteiger partial charge in [-0.15, -0.1) is 0 Å². The minimum Gasteiger partial charge on any atom is -1.00 e. The fourth-order valence-corrected chi connectivity index (χ4v) is 6.43. The van der Waals surface area contributed by atoms with E-state index in [1.54, 1.807) is 0 Å². The van der Waals surface area contributed by atoms with E-state index in [-0.39, 0.29) is 105 Å². The molecule has 0 heterocycles. The number of halogens is 1. The van der Waals surface area contributed by atoms with E-state index in [2.05, 4.69) is 97.2 Å². The van der Waals surface area contributed by atoms with E-state index in [4.69, 9.17) is 9.47 Å². The lowest BCUT2D eigenvalue weighted by atomic mass is 9.67. The predicted octanol–water partition coefficient (Wildman–Crippen LogP) is 12.3. The molecule has 7 heteroatoms. The molecule has 5 unspecified atom stereocenters. The molecule has 0 spiro atoms. The third kappa shape index (κ3) is 24.6. The van der Waals surface area contributed by atoms with Gasteiger partial charge >= 0.3 is 11.9 Å². The summed E-state index contributed by atoms with van der Waals surface area (Å²) in [7, 11) is 8.28. The van der Waals surface area contributed by atoms with Crippen molar-refractivity contribution in [2.75, 3.05) is 54.5 Å². The average Bonchev–Trinajstić information content (AvgIpc) is 3.03. The molecule has 0 aliphatic carbocycles. The smallest absolute Gasteiger partial charge is 0.312 e. The molecule has 0 aromatic heterocycles. The Morgan fingerprint density at radius 2 is 0.983 bits per heavy atom. The Labute approximate surface area is 373 Å². The highest BCUT2D eigenvalue weighted by atomic mass is 35.5. The van der Waals surface area contributed by atoms with E-state index in [1.165, 1.54) is 22.3 Å². The van der Waals surface area contributed by atoms with Gasteiger partial charge in [-0.25, -0.2) is 0 Å². The normalized spacial score (nSPS) is 13.4. The molecular formula is C51H107ClN2O4. The number of esters is 2. The number of carbonyl (C=O) groups excluding carboxylic acids is 2. The van der Waals surface area contributed by atoms with E-state index < -0.39 is 10.8 Å². The number of hydrogen-bond donors (Lipinski definition) is 0. The lowest BCUT2D eigenvalue weighted by molar-refractivity contribution is -0.903. The van der Waals surface area contributed by atoms with Crippen LogP contribution in [0.15, 0.2) is 48.5 Å². The molecule has 0 amide bonds. The minimum absolute atomic E-state index is 0. The van der Waals surface area contributed by atoms with Gasteiger partial charge in [-0.05, 0) is 94.5 Å². The fraction of sp³-hybridized carbons (Fsp3) is 0.725. The average molecular weight is 848 g/mol. The summed E-state index contributed by atoms with van der Waals surface area (Å²) in [4.78, 5) is 29.6. The Balaban J connectivity index is -0.000000262. The maximum atomic E-state index is 14.1. The number of ether oxygens (including phenoxy) is 2. The van der Waals surface area contributed by atoms with E-state index >= 15 is 0 Å². The van der Waals surface area contributed by atoms with Crippen LogP contribution in [0, 0.1) is 10.8 Å². The van der Waals surface area contributed by atoms with Crippen LogP contribution >= 0.6 is 0 Å². The third-order valence-corrected chi connectivity index (χ3v) is 10.5. The molecule has 0 aliphatic rings. The van der Waals surface area contributed by atoms with Gasteiger partial charge in [-0.3, -0.25) is 9.59 Å². The summed E-state index contributed by atoms with van der Waals surface area (Å²) in [5.41, 5.74) is 3.49. The van der Waals surface area contributed by atoms with E-state index in [1.807, 2.05) is 39.8 Å². The van der Waals surface area contributed by atoms with Crippen LogP contribution in [0.2, 0.25) is 0 Å². The number of quaternary nitrogens is 1. The number of benzene rings is 2. The third-order valence-electron chi connectivity index (χ3n) is 10.5. The molecule has 352 valence electrons. The van der Waals surface area contributed by atoms with Gasteiger partial charge < -0.3 is 31.3 Å². The molecule has 0 aliphatic heterocycles. The second kappa shape index (κ2) is 36.4. The van der Waals surface area contributed by atoms with Crippen molar-refractivity contribution in [3.63, 3.8) is 0 Å². The van der Waals surface area contributed by atoms with Crippen molar-refractivity contribution in [2.24, 2.45) is 10.8 Å². The van der Waals surface area contributed by atoms with Crippen LogP contribution in [0.5, 0.6) is 0 Å². The summed E-state index contributed by atoms with van der Waals surface area (Å²) in [6.07, 6.45) is 3.75. The molecule has 0 saturated carbocycles. The highest BCUT2D eigenvalue weighted by Gasteiger charge is 2.46. The summed E-state index contributed by atoms with van der Waals surface area (Å²) in [6.45, 7) is 19.9. The summed E-state index contributed by atoms with van der Waals surface area (Å²) in [6, 6.07) is 17.8. The first-order chi connectivity index (χ1) is 22.0. The second-order valence-electron chi connectivity index (χ2n) is 15.7. The summed E-state index contributed by atoms with van der Waals surface area (Å²) in [5.74, 6) is 0.689. The maximum Gasteiger partial charge on any atom is 0.312 e. The van der Waals surface area contributed by atoms with Gasteiger partial charge in [0, 0.05) is 12.1 Å². The van der Waals surface area contributed by atoms with Crippen LogP contribution in [0.25, 0.3) is 0 Å². The lowest BCUT2D eigenvalue weighted by Gasteiger charge is -2.38. The zero-order chi connectivity index (χ0) is 35.4. The van der Waals surface area contributed by atoms with Gasteiger partial charge in [-0.1, -0.05) is 164 Å². The topological polar surface area (TPSA) is 55.8 Å². The zero-order valence-corrected chi connectivity index (χ0v) is 33.1. The van der Waals surface area contributed by atoms with E-state index in [9.17, 15) is 9.59 Å². The molecule has 2 rings (SSSR count). The van der Waals surface area contributed by atoms with Crippen LogP contribution < -0.4 is 12.4 Å². The van der Waals surface area contributed by atoms with Crippen molar-refractivity contribution in [3.05, 3.63) is 70.8 Å². The molecule has 5 atom stereocenters. The Morgan fingerprint density at radius 1 is 0.621 bits per heavy atom. The standard InChI is InChI=1S/C41H67N2O4.10CH4.ClH/c1-13-31(4)35-18-16-34(17-19-35)29-43(11,12)25-27-47-39(45)41(8,30-40(7,15-3)38(44)46-26-24-42(9)10)28-33(6)37-22-20-36(21-23-37)32(5)14-2;;;;;;;;;;;/h16-23,31-33H,13-15,24-30H2,1-12H3;10*1H4;1H/q+1;;;;;;;;;;;/p-1. The number of carbonyl (C=O) groups is 2. The molecular weight excluding hydrogens is 740 g/mol. The van der Waals surface area contributed by atoms with Crippen molar-refractivity contribution >= 4 is 11.9 Å².